The maximum atomic E-state index is 6.48. The smallest absolute Gasteiger partial charge is 0.143 e. The number of thiophene rings is 1. The van der Waals surface area contributed by atoms with Crippen LogP contribution in [0.1, 0.15) is 0 Å². The third kappa shape index (κ3) is 5.34. The molecule has 3 aromatic heterocycles. The molecule has 0 saturated carbocycles. The minimum absolute atomic E-state index is 0.880. The van der Waals surface area contributed by atoms with Gasteiger partial charge in [0.05, 0.1) is 0 Å². The van der Waals surface area contributed by atoms with Gasteiger partial charge in [-0.2, -0.15) is 0 Å². The van der Waals surface area contributed by atoms with Gasteiger partial charge in [-0.15, -0.1) is 11.3 Å². The van der Waals surface area contributed by atoms with Crippen molar-refractivity contribution in [3.8, 4) is 33.4 Å². The molecule has 3 heterocycles. The van der Waals surface area contributed by atoms with Crippen molar-refractivity contribution in [2.75, 3.05) is 4.90 Å². The maximum Gasteiger partial charge on any atom is 0.143 e. The van der Waals surface area contributed by atoms with E-state index in [0.717, 1.165) is 83.2 Å². The van der Waals surface area contributed by atoms with Crippen LogP contribution >= 0.6 is 11.3 Å². The van der Waals surface area contributed by atoms with Gasteiger partial charge < -0.3 is 13.7 Å². The molecular formula is C54H33NO2S. The minimum Gasteiger partial charge on any atom is -0.456 e. The highest BCUT2D eigenvalue weighted by atomic mass is 32.1. The minimum atomic E-state index is 0.880. The number of hydrogen-bond acceptors (Lipinski definition) is 4. The predicted octanol–water partition coefficient (Wildman–Crippen LogP) is 16.3. The van der Waals surface area contributed by atoms with E-state index in [-0.39, 0.29) is 0 Å². The highest BCUT2D eigenvalue weighted by molar-refractivity contribution is 7.25. The molecule has 272 valence electrons. The van der Waals surface area contributed by atoms with Crippen molar-refractivity contribution >= 4 is 92.4 Å². The van der Waals surface area contributed by atoms with Crippen LogP contribution in [0.4, 0.5) is 17.1 Å². The Kier molecular flexibility index (Phi) is 7.40. The highest BCUT2D eigenvalue weighted by Crippen LogP contribution is 2.42. The zero-order valence-electron chi connectivity index (χ0n) is 31.2. The molecule has 0 N–H and O–H groups in total. The molecule has 0 amide bonds. The monoisotopic (exact) mass is 759 g/mol. The third-order valence-electron chi connectivity index (χ3n) is 11.5. The zero-order chi connectivity index (χ0) is 38.2. The van der Waals surface area contributed by atoms with Crippen molar-refractivity contribution in [3.05, 3.63) is 200 Å². The van der Waals surface area contributed by atoms with Gasteiger partial charge in [-0.3, -0.25) is 0 Å². The van der Waals surface area contributed by atoms with Crippen LogP contribution in [-0.2, 0) is 0 Å². The summed E-state index contributed by atoms with van der Waals surface area (Å²) in [7, 11) is 0. The van der Waals surface area contributed by atoms with Crippen molar-refractivity contribution < 1.29 is 8.83 Å². The Morgan fingerprint density at radius 2 is 0.862 bits per heavy atom. The van der Waals surface area contributed by atoms with Gasteiger partial charge in [-0.05, 0) is 107 Å². The molecule has 12 rings (SSSR count). The molecule has 3 nitrogen and oxygen atoms in total. The molecule has 58 heavy (non-hydrogen) atoms. The number of nitrogens with zero attached hydrogens (tertiary/aromatic N) is 1. The molecule has 0 aliphatic heterocycles. The summed E-state index contributed by atoms with van der Waals surface area (Å²) in [5, 5.41) is 7.06. The Labute approximate surface area is 338 Å². The Morgan fingerprint density at radius 1 is 0.310 bits per heavy atom. The van der Waals surface area contributed by atoms with Crippen LogP contribution in [0.3, 0.4) is 0 Å². The van der Waals surface area contributed by atoms with E-state index >= 15 is 0 Å². The van der Waals surface area contributed by atoms with E-state index in [2.05, 4.69) is 187 Å². The summed E-state index contributed by atoms with van der Waals surface area (Å²) in [6.45, 7) is 0. The summed E-state index contributed by atoms with van der Waals surface area (Å²) in [6, 6.07) is 71.5. The molecule has 12 aromatic rings. The van der Waals surface area contributed by atoms with Crippen LogP contribution in [0.5, 0.6) is 0 Å². The van der Waals surface area contributed by atoms with Gasteiger partial charge >= 0.3 is 0 Å². The van der Waals surface area contributed by atoms with Crippen molar-refractivity contribution in [2.24, 2.45) is 0 Å². The summed E-state index contributed by atoms with van der Waals surface area (Å²) in [5.41, 5.74) is 13.7. The lowest BCUT2D eigenvalue weighted by molar-refractivity contribution is 0.669. The molecule has 0 spiro atoms. The molecule has 4 heteroatoms. The summed E-state index contributed by atoms with van der Waals surface area (Å²) in [4.78, 5) is 2.34. The lowest BCUT2D eigenvalue weighted by Gasteiger charge is -2.26. The van der Waals surface area contributed by atoms with E-state index < -0.39 is 0 Å². The summed E-state index contributed by atoms with van der Waals surface area (Å²) >= 11 is 1.85. The highest BCUT2D eigenvalue weighted by Gasteiger charge is 2.18. The van der Waals surface area contributed by atoms with E-state index in [1.165, 1.54) is 31.3 Å². The number of benzene rings is 9. The Morgan fingerprint density at radius 3 is 1.66 bits per heavy atom. The first kappa shape index (κ1) is 32.8. The molecule has 0 aliphatic carbocycles. The molecule has 0 unspecified atom stereocenters. The first-order valence-corrected chi connectivity index (χ1v) is 20.4. The molecule has 0 bridgehead atoms. The van der Waals surface area contributed by atoms with E-state index in [0.29, 0.717) is 0 Å². The second-order valence-corrected chi connectivity index (χ2v) is 16.0. The number of furan rings is 2. The third-order valence-corrected chi connectivity index (χ3v) is 12.6. The molecule has 0 atom stereocenters. The van der Waals surface area contributed by atoms with Gasteiger partial charge in [0.25, 0.3) is 0 Å². The van der Waals surface area contributed by atoms with Gasteiger partial charge in [-0.1, -0.05) is 121 Å². The maximum absolute atomic E-state index is 6.48. The van der Waals surface area contributed by atoms with Crippen LogP contribution in [0.2, 0.25) is 0 Å². The van der Waals surface area contributed by atoms with E-state index in [1.807, 2.05) is 29.5 Å². The first-order chi connectivity index (χ1) is 28.7. The van der Waals surface area contributed by atoms with Crippen LogP contribution in [0, 0.1) is 0 Å². The average molecular weight is 760 g/mol. The number of anilines is 3. The Balaban J connectivity index is 0.940. The second kappa shape index (κ2) is 13.1. The summed E-state index contributed by atoms with van der Waals surface area (Å²) in [5.74, 6) is 0. The normalized spacial score (nSPS) is 11.8. The predicted molar refractivity (Wildman–Crippen MR) is 245 cm³/mol. The Hall–Kier alpha value is -7.40. The second-order valence-electron chi connectivity index (χ2n) is 14.9. The summed E-state index contributed by atoms with van der Waals surface area (Å²) in [6.07, 6.45) is 0. The van der Waals surface area contributed by atoms with Crippen LogP contribution in [-0.4, -0.2) is 0 Å². The van der Waals surface area contributed by atoms with Crippen LogP contribution < -0.4 is 4.90 Å². The van der Waals surface area contributed by atoms with Gasteiger partial charge in [0.15, 0.2) is 0 Å². The topological polar surface area (TPSA) is 29.5 Å². The van der Waals surface area contributed by atoms with Crippen molar-refractivity contribution in [3.63, 3.8) is 0 Å². The van der Waals surface area contributed by atoms with E-state index in [9.17, 15) is 0 Å². The zero-order valence-corrected chi connectivity index (χ0v) is 32.0. The van der Waals surface area contributed by atoms with Crippen molar-refractivity contribution in [1.82, 2.24) is 0 Å². The SMILES string of the molecule is c1ccc(-c2cccc3c2oc2ccc(-c4ccc(N(c5ccc(-c6ccc7sc8ccccc8c7c6)cc5)c5ccc6oc7ccccc7c6c5)cc4)cc23)cc1. The van der Waals surface area contributed by atoms with Gasteiger partial charge in [-0.25, -0.2) is 0 Å². The van der Waals surface area contributed by atoms with Crippen LogP contribution in [0.15, 0.2) is 209 Å². The number of hydrogen-bond donors (Lipinski definition) is 0. The van der Waals surface area contributed by atoms with Crippen LogP contribution in [0.25, 0.3) is 97.4 Å². The molecule has 0 saturated heterocycles. The van der Waals surface area contributed by atoms with Gasteiger partial charge in [0.2, 0.25) is 0 Å². The quantitative estimate of drug-likeness (QED) is 0.169. The molecule has 0 radical (unpaired) electrons. The lowest BCUT2D eigenvalue weighted by Crippen LogP contribution is -2.09. The van der Waals surface area contributed by atoms with E-state index in [1.54, 1.807) is 0 Å². The van der Waals surface area contributed by atoms with E-state index in [4.69, 9.17) is 8.83 Å². The lowest BCUT2D eigenvalue weighted by atomic mass is 10.00. The number of fused-ring (bicyclic) bond motifs is 9. The Bertz CT molecular complexity index is 3500. The van der Waals surface area contributed by atoms with Crippen molar-refractivity contribution in [2.45, 2.75) is 0 Å². The number of rotatable bonds is 6. The largest absolute Gasteiger partial charge is 0.456 e. The fraction of sp³-hybridized carbons (Fsp3) is 0. The van der Waals surface area contributed by atoms with Crippen molar-refractivity contribution in [1.29, 1.82) is 0 Å². The fourth-order valence-electron chi connectivity index (χ4n) is 8.63. The average Bonchev–Trinajstić information content (AvgIpc) is 3.98. The molecule has 9 aromatic carbocycles. The molecular weight excluding hydrogens is 727 g/mol. The molecule has 0 fully saturated rings. The molecule has 0 aliphatic rings. The van der Waals surface area contributed by atoms with Gasteiger partial charge in [0.1, 0.15) is 22.3 Å². The standard InChI is InChI=1S/C54H33NO2S/c1-2-9-36(10-3-1)42-13-8-14-45-46-31-37(21-28-51(46)57-54(42)45)34-17-23-39(24-18-34)55(41-27-29-50-47(33-41)43-11-4-6-15-49(43)56-50)40-25-19-35(20-26-40)38-22-30-53-48(32-38)44-12-5-7-16-52(44)58-53/h1-33H. The number of para-hydroxylation sites is 2. The fourth-order valence-corrected chi connectivity index (χ4v) is 9.72. The van der Waals surface area contributed by atoms with Gasteiger partial charge in [0, 0.05) is 64.3 Å². The summed E-state index contributed by atoms with van der Waals surface area (Å²) < 4.78 is 15.4. The first-order valence-electron chi connectivity index (χ1n) is 19.6.